The number of nitrogens with one attached hydrogen (secondary N) is 1. The van der Waals surface area contributed by atoms with Crippen LogP contribution in [0.2, 0.25) is 0 Å². The first-order valence-corrected chi connectivity index (χ1v) is 6.42. The summed E-state index contributed by atoms with van der Waals surface area (Å²) in [5, 5.41) is 3.22. The van der Waals surface area contributed by atoms with Gasteiger partial charge in [0.05, 0.1) is 29.4 Å². The fraction of sp³-hybridized carbons (Fsp3) is 0.308. The van der Waals surface area contributed by atoms with E-state index in [1.165, 1.54) is 12.1 Å². The van der Waals surface area contributed by atoms with E-state index in [0.29, 0.717) is 0 Å². The number of halogens is 2. The molecule has 96 valence electrons. The zero-order valence-electron chi connectivity index (χ0n) is 10.5. The van der Waals surface area contributed by atoms with Crippen molar-refractivity contribution >= 4 is 15.9 Å². The highest BCUT2D eigenvalue weighted by atomic mass is 79.9. The van der Waals surface area contributed by atoms with Crippen LogP contribution >= 0.6 is 15.9 Å². The predicted octanol–water partition coefficient (Wildman–Crippen LogP) is 3.23. The maximum atomic E-state index is 13.4. The molecule has 0 unspecified atom stereocenters. The molecule has 0 aliphatic rings. The topological polar surface area (TPSA) is 29.9 Å². The first-order chi connectivity index (χ1) is 8.45. The van der Waals surface area contributed by atoms with Gasteiger partial charge in [-0.05, 0) is 55.0 Å². The molecule has 0 bridgehead atoms. The highest BCUT2D eigenvalue weighted by Crippen LogP contribution is 2.27. The quantitative estimate of drug-likeness (QED) is 0.943. The van der Waals surface area contributed by atoms with E-state index in [2.05, 4.69) is 26.2 Å². The first kappa shape index (κ1) is 13.2. The van der Waals surface area contributed by atoms with Crippen LogP contribution in [0.5, 0.6) is 0 Å². The third-order valence-electron chi connectivity index (χ3n) is 3.07. The van der Waals surface area contributed by atoms with Gasteiger partial charge in [0.1, 0.15) is 5.82 Å². The van der Waals surface area contributed by atoms with Crippen molar-refractivity contribution in [1.29, 1.82) is 0 Å². The molecule has 0 aliphatic carbocycles. The van der Waals surface area contributed by atoms with Crippen molar-refractivity contribution in [2.45, 2.75) is 19.4 Å². The lowest BCUT2D eigenvalue weighted by Crippen LogP contribution is -2.35. The molecule has 18 heavy (non-hydrogen) atoms. The number of rotatable bonds is 3. The third kappa shape index (κ3) is 2.33. The lowest BCUT2D eigenvalue weighted by molar-refractivity contribution is 0.424. The van der Waals surface area contributed by atoms with Gasteiger partial charge in [0.2, 0.25) is 0 Å². The van der Waals surface area contributed by atoms with Gasteiger partial charge in [-0.3, -0.25) is 0 Å². The molecule has 0 radical (unpaired) electrons. The van der Waals surface area contributed by atoms with E-state index in [4.69, 9.17) is 0 Å². The minimum Gasteiger partial charge on any atom is -0.310 e. The summed E-state index contributed by atoms with van der Waals surface area (Å²) in [5.74, 6) is -0.268. The summed E-state index contributed by atoms with van der Waals surface area (Å²) in [4.78, 5) is 4.16. The van der Waals surface area contributed by atoms with E-state index >= 15 is 0 Å². The number of aromatic nitrogens is 2. The van der Waals surface area contributed by atoms with E-state index in [0.717, 1.165) is 15.9 Å². The minimum atomic E-state index is -0.268. The molecule has 0 amide bonds. The van der Waals surface area contributed by atoms with Crippen LogP contribution in [-0.2, 0) is 5.54 Å². The zero-order chi connectivity index (χ0) is 13.3. The van der Waals surface area contributed by atoms with Gasteiger partial charge in [0, 0.05) is 4.47 Å². The second-order valence-electron chi connectivity index (χ2n) is 4.62. The summed E-state index contributed by atoms with van der Waals surface area (Å²) < 4.78 is 16.1. The van der Waals surface area contributed by atoms with Crippen molar-refractivity contribution in [3.05, 3.63) is 46.7 Å². The molecule has 0 fully saturated rings. The Labute approximate surface area is 114 Å². The van der Waals surface area contributed by atoms with Gasteiger partial charge in [0.25, 0.3) is 0 Å². The summed E-state index contributed by atoms with van der Waals surface area (Å²) in [7, 11) is 1.89. The summed E-state index contributed by atoms with van der Waals surface area (Å²) >= 11 is 3.44. The lowest BCUT2D eigenvalue weighted by Gasteiger charge is -2.25. The summed E-state index contributed by atoms with van der Waals surface area (Å²) in [6.07, 6.45) is 3.47. The number of benzene rings is 1. The van der Waals surface area contributed by atoms with Crippen molar-refractivity contribution in [3.63, 3.8) is 0 Å². The number of hydrogen-bond donors (Lipinski definition) is 1. The maximum Gasteiger partial charge on any atom is 0.125 e. The Morgan fingerprint density at radius 2 is 2.11 bits per heavy atom. The minimum absolute atomic E-state index is 0.248. The summed E-state index contributed by atoms with van der Waals surface area (Å²) in [6, 6.07) is 4.61. The molecule has 0 aliphatic heterocycles. The molecule has 1 N–H and O–H groups in total. The van der Waals surface area contributed by atoms with E-state index in [1.807, 2.05) is 25.5 Å². The van der Waals surface area contributed by atoms with Crippen molar-refractivity contribution in [1.82, 2.24) is 14.9 Å². The van der Waals surface area contributed by atoms with E-state index < -0.39 is 0 Å². The van der Waals surface area contributed by atoms with Crippen LogP contribution in [0.1, 0.15) is 19.5 Å². The zero-order valence-corrected chi connectivity index (χ0v) is 12.1. The Balaban J connectivity index is 2.59. The monoisotopic (exact) mass is 311 g/mol. The van der Waals surface area contributed by atoms with Crippen LogP contribution in [0.15, 0.2) is 35.2 Å². The van der Waals surface area contributed by atoms with Gasteiger partial charge < -0.3 is 9.88 Å². The molecular formula is C13H15BrFN3. The van der Waals surface area contributed by atoms with Crippen LogP contribution < -0.4 is 5.32 Å². The Morgan fingerprint density at radius 1 is 1.39 bits per heavy atom. The van der Waals surface area contributed by atoms with Gasteiger partial charge in [0.15, 0.2) is 0 Å². The summed E-state index contributed by atoms with van der Waals surface area (Å²) in [5.41, 5.74) is 1.46. The molecule has 0 saturated heterocycles. The lowest BCUT2D eigenvalue weighted by atomic mass is 10.0. The van der Waals surface area contributed by atoms with Crippen molar-refractivity contribution in [3.8, 4) is 5.69 Å². The molecule has 1 heterocycles. The number of nitrogens with zero attached hydrogens (tertiary/aromatic N) is 2. The molecule has 3 nitrogen and oxygen atoms in total. The largest absolute Gasteiger partial charge is 0.310 e. The van der Waals surface area contributed by atoms with Gasteiger partial charge in [-0.2, -0.15) is 0 Å². The maximum absolute atomic E-state index is 13.4. The molecule has 1 aromatic carbocycles. The molecule has 0 spiro atoms. The normalized spacial score (nSPS) is 11.8. The molecule has 0 saturated carbocycles. The standard InChI is InChI=1S/C13H15BrFN3/c1-13(2,16-3)12-7-17-8-18(12)11-6-9(15)4-5-10(11)14/h4-8,16H,1-3H3. The number of hydrogen-bond acceptors (Lipinski definition) is 2. The fourth-order valence-corrected chi connectivity index (χ4v) is 2.19. The highest BCUT2D eigenvalue weighted by molar-refractivity contribution is 9.10. The molecule has 2 rings (SSSR count). The molecule has 1 aromatic heterocycles. The highest BCUT2D eigenvalue weighted by Gasteiger charge is 2.23. The molecule has 2 aromatic rings. The van der Waals surface area contributed by atoms with Crippen LogP contribution in [-0.4, -0.2) is 16.6 Å². The second-order valence-corrected chi connectivity index (χ2v) is 5.47. The molecule has 5 heteroatoms. The van der Waals surface area contributed by atoms with E-state index in [1.54, 1.807) is 18.6 Å². The smallest absolute Gasteiger partial charge is 0.125 e. The van der Waals surface area contributed by atoms with Crippen molar-refractivity contribution < 1.29 is 4.39 Å². The van der Waals surface area contributed by atoms with Gasteiger partial charge in [-0.25, -0.2) is 9.37 Å². The Kier molecular flexibility index (Phi) is 3.54. The molecule has 0 atom stereocenters. The second kappa shape index (κ2) is 4.82. The molecular weight excluding hydrogens is 297 g/mol. The Morgan fingerprint density at radius 3 is 2.78 bits per heavy atom. The SMILES string of the molecule is CNC(C)(C)c1cncn1-c1cc(F)ccc1Br. The first-order valence-electron chi connectivity index (χ1n) is 5.63. The van der Waals surface area contributed by atoms with E-state index in [-0.39, 0.29) is 11.4 Å². The van der Waals surface area contributed by atoms with Crippen LogP contribution in [0.25, 0.3) is 5.69 Å². The van der Waals surface area contributed by atoms with Crippen LogP contribution in [0.3, 0.4) is 0 Å². The van der Waals surface area contributed by atoms with E-state index in [9.17, 15) is 4.39 Å². The average Bonchev–Trinajstić information content (AvgIpc) is 2.82. The number of imidazole rings is 1. The van der Waals surface area contributed by atoms with Gasteiger partial charge in [-0.15, -0.1) is 0 Å². The van der Waals surface area contributed by atoms with Crippen molar-refractivity contribution in [2.24, 2.45) is 0 Å². The Hall–Kier alpha value is -1.20. The fourth-order valence-electron chi connectivity index (χ4n) is 1.75. The van der Waals surface area contributed by atoms with Gasteiger partial charge in [-0.1, -0.05) is 0 Å². The van der Waals surface area contributed by atoms with Crippen LogP contribution in [0.4, 0.5) is 4.39 Å². The predicted molar refractivity (Wildman–Crippen MR) is 73.3 cm³/mol. The van der Waals surface area contributed by atoms with Crippen molar-refractivity contribution in [2.75, 3.05) is 7.05 Å². The Bertz CT molecular complexity index is 563. The average molecular weight is 312 g/mol. The third-order valence-corrected chi connectivity index (χ3v) is 3.74. The van der Waals surface area contributed by atoms with Gasteiger partial charge >= 0.3 is 0 Å². The van der Waals surface area contributed by atoms with Crippen LogP contribution in [0, 0.1) is 5.82 Å². The summed E-state index contributed by atoms with van der Waals surface area (Å²) in [6.45, 7) is 4.10.